The SMILES string of the molecule is COc1ccc(C(F)(F)F)cc1CN[C@@H]1C2CCN(CC2)[C@H]1C(c1ccccc1)c1ccccc1. The molecule has 0 radical (unpaired) electrons. The second kappa shape index (κ2) is 10.0. The van der Waals surface area contributed by atoms with Crippen LogP contribution in [0, 0.1) is 5.92 Å². The number of rotatable bonds is 7. The van der Waals surface area contributed by atoms with Gasteiger partial charge in [-0.05, 0) is 61.2 Å². The highest BCUT2D eigenvalue weighted by Gasteiger charge is 2.46. The van der Waals surface area contributed by atoms with E-state index in [1.54, 1.807) is 0 Å². The summed E-state index contributed by atoms with van der Waals surface area (Å²) in [5, 5.41) is 3.70. The zero-order valence-corrected chi connectivity index (χ0v) is 19.8. The van der Waals surface area contributed by atoms with Crippen LogP contribution in [0.3, 0.4) is 0 Å². The smallest absolute Gasteiger partial charge is 0.416 e. The molecule has 3 heterocycles. The van der Waals surface area contributed by atoms with Gasteiger partial charge in [-0.3, -0.25) is 4.90 Å². The van der Waals surface area contributed by atoms with Crippen LogP contribution in [0.15, 0.2) is 78.9 Å². The molecule has 3 aromatic carbocycles. The van der Waals surface area contributed by atoms with Gasteiger partial charge in [0.15, 0.2) is 0 Å². The summed E-state index contributed by atoms with van der Waals surface area (Å²) >= 11 is 0. The predicted molar refractivity (Wildman–Crippen MR) is 131 cm³/mol. The van der Waals surface area contributed by atoms with Gasteiger partial charge in [0.2, 0.25) is 0 Å². The predicted octanol–water partition coefficient (Wildman–Crippen LogP) is 6.10. The number of piperidine rings is 3. The molecule has 6 heteroatoms. The van der Waals surface area contributed by atoms with E-state index in [9.17, 15) is 13.2 Å². The summed E-state index contributed by atoms with van der Waals surface area (Å²) in [5.41, 5.74) is 2.42. The summed E-state index contributed by atoms with van der Waals surface area (Å²) in [7, 11) is 1.50. The maximum atomic E-state index is 13.4. The number of halogens is 3. The van der Waals surface area contributed by atoms with Crippen molar-refractivity contribution in [3.05, 3.63) is 101 Å². The summed E-state index contributed by atoms with van der Waals surface area (Å²) in [6.07, 6.45) is -2.18. The molecule has 0 spiro atoms. The van der Waals surface area contributed by atoms with Gasteiger partial charge >= 0.3 is 6.18 Å². The molecule has 2 atom stereocenters. The Hall–Kier alpha value is -2.83. The summed E-state index contributed by atoms with van der Waals surface area (Å²) in [6.45, 7) is 2.43. The van der Waals surface area contributed by atoms with E-state index in [0.29, 0.717) is 23.8 Å². The third kappa shape index (κ3) is 4.95. The van der Waals surface area contributed by atoms with Crippen molar-refractivity contribution in [1.29, 1.82) is 0 Å². The molecule has 35 heavy (non-hydrogen) atoms. The van der Waals surface area contributed by atoms with Crippen molar-refractivity contribution in [2.24, 2.45) is 5.92 Å². The Balaban J connectivity index is 1.48. The molecule has 0 amide bonds. The topological polar surface area (TPSA) is 24.5 Å². The van der Waals surface area contributed by atoms with E-state index in [4.69, 9.17) is 4.74 Å². The normalized spacial score (nSPS) is 24.0. The maximum Gasteiger partial charge on any atom is 0.416 e. The lowest BCUT2D eigenvalue weighted by Crippen LogP contribution is -2.64. The molecular weight excluding hydrogens is 449 g/mol. The van der Waals surface area contributed by atoms with Crippen LogP contribution in [0.4, 0.5) is 13.2 Å². The number of benzene rings is 3. The second-order valence-electron chi connectivity index (χ2n) is 9.59. The van der Waals surface area contributed by atoms with Gasteiger partial charge in [-0.25, -0.2) is 0 Å². The number of nitrogens with one attached hydrogen (secondary N) is 1. The molecule has 6 rings (SSSR count). The Morgan fingerprint density at radius 3 is 2.06 bits per heavy atom. The van der Waals surface area contributed by atoms with Gasteiger partial charge in [0, 0.05) is 30.1 Å². The highest BCUT2D eigenvalue weighted by atomic mass is 19.4. The van der Waals surface area contributed by atoms with Crippen molar-refractivity contribution >= 4 is 0 Å². The fraction of sp³-hybridized carbons (Fsp3) is 0.379. The van der Waals surface area contributed by atoms with E-state index in [1.807, 2.05) is 12.1 Å². The fourth-order valence-corrected chi connectivity index (χ4v) is 6.02. The molecule has 1 N–H and O–H groups in total. The zero-order chi connectivity index (χ0) is 24.4. The monoisotopic (exact) mass is 480 g/mol. The Labute approximate surface area is 204 Å². The van der Waals surface area contributed by atoms with Crippen molar-refractivity contribution in [1.82, 2.24) is 10.2 Å². The van der Waals surface area contributed by atoms with Crippen LogP contribution in [-0.2, 0) is 12.7 Å². The molecule has 0 unspecified atom stereocenters. The van der Waals surface area contributed by atoms with E-state index in [1.165, 1.54) is 30.4 Å². The molecule has 0 aromatic heterocycles. The Kier molecular flexibility index (Phi) is 6.85. The molecule has 3 nitrogen and oxygen atoms in total. The molecule has 0 aliphatic carbocycles. The van der Waals surface area contributed by atoms with Crippen molar-refractivity contribution in [3.63, 3.8) is 0 Å². The lowest BCUT2D eigenvalue weighted by atomic mass is 9.70. The van der Waals surface area contributed by atoms with E-state index in [-0.39, 0.29) is 18.0 Å². The first-order chi connectivity index (χ1) is 17.0. The fourth-order valence-electron chi connectivity index (χ4n) is 6.02. The number of methoxy groups -OCH3 is 1. The number of hydrogen-bond donors (Lipinski definition) is 1. The van der Waals surface area contributed by atoms with Crippen LogP contribution in [-0.4, -0.2) is 37.2 Å². The summed E-state index contributed by atoms with van der Waals surface area (Å²) in [6, 6.07) is 25.2. The van der Waals surface area contributed by atoms with E-state index < -0.39 is 11.7 Å². The van der Waals surface area contributed by atoms with Crippen LogP contribution in [0.25, 0.3) is 0 Å². The van der Waals surface area contributed by atoms with Crippen molar-refractivity contribution < 1.29 is 17.9 Å². The highest BCUT2D eigenvalue weighted by molar-refractivity contribution is 5.39. The quantitative estimate of drug-likeness (QED) is 0.442. The lowest BCUT2D eigenvalue weighted by Gasteiger charge is -2.54. The first-order valence-corrected chi connectivity index (χ1v) is 12.3. The average molecular weight is 481 g/mol. The summed E-state index contributed by atoms with van der Waals surface area (Å²) in [4.78, 5) is 2.58. The van der Waals surface area contributed by atoms with E-state index in [2.05, 4.69) is 58.7 Å². The van der Waals surface area contributed by atoms with Gasteiger partial charge in [0.1, 0.15) is 5.75 Å². The van der Waals surface area contributed by atoms with Crippen LogP contribution in [0.5, 0.6) is 5.75 Å². The second-order valence-corrected chi connectivity index (χ2v) is 9.59. The number of fused-ring (bicyclic) bond motifs is 3. The lowest BCUT2D eigenvalue weighted by molar-refractivity contribution is -0.137. The van der Waals surface area contributed by atoms with E-state index in [0.717, 1.165) is 32.0 Å². The minimum atomic E-state index is -4.38. The van der Waals surface area contributed by atoms with Gasteiger partial charge in [0.25, 0.3) is 0 Å². The molecule has 3 aliphatic rings. The highest BCUT2D eigenvalue weighted by Crippen LogP contribution is 2.42. The standard InChI is InChI=1S/C29H31F3N2O/c1-35-25-13-12-24(29(30,31)32)18-23(25)19-33-27-22-14-16-34(17-15-22)28(27)26(20-8-4-2-5-9-20)21-10-6-3-7-11-21/h2-13,18,22,26-28,33H,14-17,19H2,1H3/t27-,28+/m1/s1. The maximum absolute atomic E-state index is 13.4. The van der Waals surface area contributed by atoms with Crippen LogP contribution in [0.2, 0.25) is 0 Å². The number of ether oxygens (including phenoxy) is 1. The van der Waals surface area contributed by atoms with Gasteiger partial charge < -0.3 is 10.1 Å². The van der Waals surface area contributed by atoms with Crippen LogP contribution < -0.4 is 10.1 Å². The molecule has 3 fully saturated rings. The summed E-state index contributed by atoms with van der Waals surface area (Å²) < 4.78 is 45.6. The molecule has 2 bridgehead atoms. The first kappa shape index (κ1) is 23.9. The summed E-state index contributed by atoms with van der Waals surface area (Å²) in [5.74, 6) is 1.13. The average Bonchev–Trinajstić information content (AvgIpc) is 2.89. The minimum absolute atomic E-state index is 0.155. The van der Waals surface area contributed by atoms with Gasteiger partial charge in [-0.1, -0.05) is 60.7 Å². The van der Waals surface area contributed by atoms with Gasteiger partial charge in [-0.15, -0.1) is 0 Å². The Morgan fingerprint density at radius 2 is 1.51 bits per heavy atom. The van der Waals surface area contributed by atoms with Crippen LogP contribution in [0.1, 0.15) is 41.0 Å². The number of nitrogens with zero attached hydrogens (tertiary/aromatic N) is 1. The Bertz CT molecular complexity index is 1070. The van der Waals surface area contributed by atoms with Gasteiger partial charge in [-0.2, -0.15) is 13.2 Å². The van der Waals surface area contributed by atoms with Crippen molar-refractivity contribution in [2.45, 2.75) is 43.6 Å². The number of alkyl halides is 3. The third-order valence-electron chi connectivity index (χ3n) is 7.67. The Morgan fingerprint density at radius 1 is 0.914 bits per heavy atom. The molecule has 184 valence electrons. The number of hydrogen-bond acceptors (Lipinski definition) is 3. The van der Waals surface area contributed by atoms with Crippen molar-refractivity contribution in [2.75, 3.05) is 20.2 Å². The molecule has 3 aliphatic heterocycles. The van der Waals surface area contributed by atoms with Crippen LogP contribution >= 0.6 is 0 Å². The first-order valence-electron chi connectivity index (χ1n) is 12.3. The van der Waals surface area contributed by atoms with E-state index >= 15 is 0 Å². The molecule has 0 saturated carbocycles. The van der Waals surface area contributed by atoms with Crippen molar-refractivity contribution in [3.8, 4) is 5.75 Å². The third-order valence-corrected chi connectivity index (χ3v) is 7.67. The zero-order valence-electron chi connectivity index (χ0n) is 19.8. The minimum Gasteiger partial charge on any atom is -0.496 e. The molecular formula is C29H31F3N2O. The molecule has 3 aromatic rings. The largest absolute Gasteiger partial charge is 0.496 e. The van der Waals surface area contributed by atoms with Gasteiger partial charge in [0.05, 0.1) is 12.7 Å². The molecule has 3 saturated heterocycles.